The molecule has 18 heavy (non-hydrogen) atoms. The van der Waals surface area contributed by atoms with E-state index >= 15 is 0 Å². The van der Waals surface area contributed by atoms with Gasteiger partial charge in [-0.1, -0.05) is 26.2 Å². The number of rotatable bonds is 9. The van der Waals surface area contributed by atoms with Crippen LogP contribution in [0.2, 0.25) is 0 Å². The third-order valence-electron chi connectivity index (χ3n) is 3.86. The maximum atomic E-state index is 3.79. The van der Waals surface area contributed by atoms with Gasteiger partial charge in [0.05, 0.1) is 0 Å². The molecular formula is C15H32N2S. The minimum atomic E-state index is 0.761. The predicted octanol–water partition coefficient (Wildman–Crippen LogP) is 3.23. The van der Waals surface area contributed by atoms with Gasteiger partial charge in [0.25, 0.3) is 0 Å². The first-order chi connectivity index (χ1) is 8.74. The fourth-order valence-corrected chi connectivity index (χ4v) is 3.99. The van der Waals surface area contributed by atoms with Crippen molar-refractivity contribution < 1.29 is 0 Å². The van der Waals surface area contributed by atoms with Gasteiger partial charge in [-0.15, -0.1) is 0 Å². The van der Waals surface area contributed by atoms with E-state index in [1.54, 1.807) is 0 Å². The third-order valence-corrected chi connectivity index (χ3v) is 4.92. The lowest BCUT2D eigenvalue weighted by Crippen LogP contribution is -2.40. The average Bonchev–Trinajstić information content (AvgIpc) is 2.38. The van der Waals surface area contributed by atoms with E-state index < -0.39 is 0 Å². The standard InChI is InChI=1S/C15H32N2S/c1-4-10-16-15(13-18-12-11-17(2)3)14-8-6-5-7-9-14/h14-16H,4-13H2,1-3H3. The SMILES string of the molecule is CCCNC(CSCCN(C)C)C1CCCCC1. The van der Waals surface area contributed by atoms with Crippen molar-refractivity contribution in [1.82, 2.24) is 10.2 Å². The van der Waals surface area contributed by atoms with Crippen LogP contribution in [0.1, 0.15) is 45.4 Å². The maximum absolute atomic E-state index is 3.79. The molecular weight excluding hydrogens is 240 g/mol. The Morgan fingerprint density at radius 1 is 1.22 bits per heavy atom. The molecule has 1 N–H and O–H groups in total. The normalized spacial score (nSPS) is 19.3. The Morgan fingerprint density at radius 3 is 2.56 bits per heavy atom. The molecule has 0 aromatic heterocycles. The van der Waals surface area contributed by atoms with Crippen LogP contribution >= 0.6 is 11.8 Å². The quantitative estimate of drug-likeness (QED) is 0.649. The van der Waals surface area contributed by atoms with Crippen molar-refractivity contribution in [3.05, 3.63) is 0 Å². The van der Waals surface area contributed by atoms with Crippen LogP contribution in [-0.4, -0.2) is 49.6 Å². The van der Waals surface area contributed by atoms with Gasteiger partial charge in [-0.2, -0.15) is 11.8 Å². The zero-order valence-electron chi connectivity index (χ0n) is 12.6. The minimum Gasteiger partial charge on any atom is -0.313 e. The van der Waals surface area contributed by atoms with Crippen molar-refractivity contribution in [3.63, 3.8) is 0 Å². The van der Waals surface area contributed by atoms with Crippen LogP contribution in [0, 0.1) is 5.92 Å². The predicted molar refractivity (Wildman–Crippen MR) is 84.5 cm³/mol. The van der Waals surface area contributed by atoms with E-state index in [4.69, 9.17) is 0 Å². The molecule has 0 bridgehead atoms. The van der Waals surface area contributed by atoms with Gasteiger partial charge in [-0.3, -0.25) is 0 Å². The summed E-state index contributed by atoms with van der Waals surface area (Å²) in [7, 11) is 4.32. The average molecular weight is 273 g/mol. The molecule has 0 spiro atoms. The Morgan fingerprint density at radius 2 is 1.94 bits per heavy atom. The fourth-order valence-electron chi connectivity index (χ4n) is 2.69. The summed E-state index contributed by atoms with van der Waals surface area (Å²) in [5.74, 6) is 3.51. The molecule has 1 fully saturated rings. The Kier molecular flexibility index (Phi) is 9.16. The second kappa shape index (κ2) is 10.1. The van der Waals surface area contributed by atoms with Gasteiger partial charge in [0.2, 0.25) is 0 Å². The first-order valence-electron chi connectivity index (χ1n) is 7.70. The van der Waals surface area contributed by atoms with Crippen LogP contribution in [0.3, 0.4) is 0 Å². The van der Waals surface area contributed by atoms with Crippen LogP contribution in [0.15, 0.2) is 0 Å². The first-order valence-corrected chi connectivity index (χ1v) is 8.85. The minimum absolute atomic E-state index is 0.761. The van der Waals surface area contributed by atoms with Gasteiger partial charge in [0, 0.05) is 24.1 Å². The summed E-state index contributed by atoms with van der Waals surface area (Å²) in [4.78, 5) is 2.28. The molecule has 0 saturated heterocycles. The van der Waals surface area contributed by atoms with Crippen molar-refractivity contribution in [2.45, 2.75) is 51.5 Å². The second-order valence-corrected chi connectivity index (χ2v) is 6.99. The lowest BCUT2D eigenvalue weighted by atomic mass is 9.84. The molecule has 0 heterocycles. The third kappa shape index (κ3) is 7.01. The van der Waals surface area contributed by atoms with Crippen molar-refractivity contribution in [3.8, 4) is 0 Å². The fraction of sp³-hybridized carbons (Fsp3) is 1.00. The van der Waals surface area contributed by atoms with Gasteiger partial charge >= 0.3 is 0 Å². The van der Waals surface area contributed by atoms with Crippen LogP contribution < -0.4 is 5.32 Å². The molecule has 3 heteroatoms. The number of nitrogens with zero attached hydrogens (tertiary/aromatic N) is 1. The first kappa shape index (κ1) is 16.3. The molecule has 0 aromatic rings. The van der Waals surface area contributed by atoms with Crippen LogP contribution in [0.4, 0.5) is 0 Å². The zero-order valence-corrected chi connectivity index (χ0v) is 13.4. The summed E-state index contributed by atoms with van der Waals surface area (Å²) >= 11 is 2.13. The van der Waals surface area contributed by atoms with Crippen molar-refractivity contribution in [2.24, 2.45) is 5.92 Å². The molecule has 1 atom stereocenters. The monoisotopic (exact) mass is 272 g/mol. The molecule has 0 radical (unpaired) electrons. The summed E-state index contributed by atoms with van der Waals surface area (Å²) in [5.41, 5.74) is 0. The van der Waals surface area contributed by atoms with E-state index in [-0.39, 0.29) is 0 Å². The van der Waals surface area contributed by atoms with Gasteiger partial charge in [0.15, 0.2) is 0 Å². The molecule has 0 aromatic carbocycles. The van der Waals surface area contributed by atoms with E-state index in [9.17, 15) is 0 Å². The zero-order chi connectivity index (χ0) is 13.2. The van der Waals surface area contributed by atoms with E-state index in [1.807, 2.05) is 0 Å². The number of hydrogen-bond acceptors (Lipinski definition) is 3. The van der Waals surface area contributed by atoms with Crippen molar-refractivity contribution >= 4 is 11.8 Å². The molecule has 1 saturated carbocycles. The molecule has 0 aliphatic heterocycles. The van der Waals surface area contributed by atoms with Crippen LogP contribution in [0.25, 0.3) is 0 Å². The van der Waals surface area contributed by atoms with Gasteiger partial charge in [-0.05, 0) is 45.8 Å². The van der Waals surface area contributed by atoms with Crippen molar-refractivity contribution in [2.75, 3.05) is 38.7 Å². The molecule has 0 amide bonds. The summed E-state index contributed by atoms with van der Waals surface area (Å²) in [5, 5.41) is 3.79. The molecule has 108 valence electrons. The highest BCUT2D eigenvalue weighted by atomic mass is 32.2. The topological polar surface area (TPSA) is 15.3 Å². The second-order valence-electron chi connectivity index (χ2n) is 5.84. The Balaban J connectivity index is 2.25. The lowest BCUT2D eigenvalue weighted by molar-refractivity contribution is 0.285. The number of thioether (sulfide) groups is 1. The summed E-state index contributed by atoms with van der Waals surface area (Å²) in [6.07, 6.45) is 8.54. The van der Waals surface area contributed by atoms with Crippen molar-refractivity contribution in [1.29, 1.82) is 0 Å². The summed E-state index contributed by atoms with van der Waals surface area (Å²) < 4.78 is 0. The van der Waals surface area contributed by atoms with Crippen LogP contribution in [-0.2, 0) is 0 Å². The number of nitrogens with one attached hydrogen (secondary N) is 1. The Labute approximate surface area is 118 Å². The number of hydrogen-bond donors (Lipinski definition) is 1. The van der Waals surface area contributed by atoms with Gasteiger partial charge in [0.1, 0.15) is 0 Å². The molecule has 1 aliphatic carbocycles. The van der Waals surface area contributed by atoms with Gasteiger partial charge < -0.3 is 10.2 Å². The van der Waals surface area contributed by atoms with E-state index in [0.29, 0.717) is 0 Å². The molecule has 2 nitrogen and oxygen atoms in total. The van der Waals surface area contributed by atoms with E-state index in [0.717, 1.165) is 12.0 Å². The van der Waals surface area contributed by atoms with Crippen LogP contribution in [0.5, 0.6) is 0 Å². The van der Waals surface area contributed by atoms with E-state index in [1.165, 1.54) is 63.1 Å². The molecule has 1 rings (SSSR count). The maximum Gasteiger partial charge on any atom is 0.0186 e. The Bertz CT molecular complexity index is 191. The lowest BCUT2D eigenvalue weighted by Gasteiger charge is -2.31. The smallest absolute Gasteiger partial charge is 0.0186 e. The van der Waals surface area contributed by atoms with E-state index in [2.05, 4.69) is 43.0 Å². The Hall–Kier alpha value is 0.270. The van der Waals surface area contributed by atoms with Gasteiger partial charge in [-0.25, -0.2) is 0 Å². The summed E-state index contributed by atoms with van der Waals surface area (Å²) in [6, 6.07) is 0.761. The highest BCUT2D eigenvalue weighted by Crippen LogP contribution is 2.28. The molecule has 1 aliphatic rings. The summed E-state index contributed by atoms with van der Waals surface area (Å²) in [6.45, 7) is 4.66. The molecule has 1 unspecified atom stereocenters. The largest absolute Gasteiger partial charge is 0.313 e. The highest BCUT2D eigenvalue weighted by Gasteiger charge is 2.22. The highest BCUT2D eigenvalue weighted by molar-refractivity contribution is 7.99.